The Balaban J connectivity index is 1.39. The van der Waals surface area contributed by atoms with Gasteiger partial charge in [-0.05, 0) is 46.6 Å². The molecule has 2 aromatic heterocycles. The summed E-state index contributed by atoms with van der Waals surface area (Å²) >= 11 is 0. The van der Waals surface area contributed by atoms with Crippen molar-refractivity contribution in [2.24, 2.45) is 0 Å². The van der Waals surface area contributed by atoms with Gasteiger partial charge < -0.3 is 24.0 Å². The number of nitrogens with zero attached hydrogens (tertiary/aromatic N) is 4. The molecule has 0 radical (unpaired) electrons. The summed E-state index contributed by atoms with van der Waals surface area (Å²) in [6.07, 6.45) is -1.78. The quantitative estimate of drug-likeness (QED) is 0.0822. The van der Waals surface area contributed by atoms with E-state index in [2.05, 4.69) is 41.0 Å². The first-order valence-corrected chi connectivity index (χ1v) is 23.1. The Labute approximate surface area is 360 Å². The van der Waals surface area contributed by atoms with Crippen LogP contribution in [0.1, 0.15) is 56.8 Å². The van der Waals surface area contributed by atoms with Crippen molar-refractivity contribution in [3.63, 3.8) is 0 Å². The summed E-state index contributed by atoms with van der Waals surface area (Å²) in [5, 5.41) is 4.02. The first-order chi connectivity index (χ1) is 29.5. The zero-order valence-corrected chi connectivity index (χ0v) is 36.9. The number of esters is 2. The second-order valence-electron chi connectivity index (χ2n) is 16.0. The van der Waals surface area contributed by atoms with Gasteiger partial charge in [-0.25, -0.2) is 15.0 Å². The summed E-state index contributed by atoms with van der Waals surface area (Å²) in [6, 6.07) is 34.1. The molecule has 62 heavy (non-hydrogen) atoms. The lowest BCUT2D eigenvalue weighted by atomic mass is 9.96. The van der Waals surface area contributed by atoms with Gasteiger partial charge in [-0.3, -0.25) is 23.1 Å². The molecule has 15 nitrogen and oxygen atoms in total. The summed E-state index contributed by atoms with van der Waals surface area (Å²) in [6.45, 7) is 9.22. The minimum atomic E-state index is -4.48. The van der Waals surface area contributed by atoms with Crippen LogP contribution in [-0.4, -0.2) is 85.1 Å². The highest BCUT2D eigenvalue weighted by Crippen LogP contribution is 2.45. The van der Waals surface area contributed by atoms with Gasteiger partial charge in [-0.15, -0.1) is 0 Å². The highest BCUT2D eigenvalue weighted by molar-refractivity contribution is 7.86. The third kappa shape index (κ3) is 8.80. The van der Waals surface area contributed by atoms with Crippen LogP contribution in [0.2, 0.25) is 5.04 Å². The number of anilines is 1. The van der Waals surface area contributed by atoms with E-state index >= 15 is 0 Å². The zero-order valence-electron chi connectivity index (χ0n) is 35.1. The van der Waals surface area contributed by atoms with Crippen molar-refractivity contribution in [2.75, 3.05) is 18.5 Å². The predicted octanol–water partition coefficient (Wildman–Crippen LogP) is 5.50. The maximum atomic E-state index is 14.0. The Morgan fingerprint density at radius 2 is 1.37 bits per heavy atom. The fourth-order valence-corrected chi connectivity index (χ4v) is 13.4. The number of ether oxygens (including phenoxy) is 3. The molecule has 3 heterocycles. The number of hydrogen-bond donors (Lipinski definition) is 1. The second kappa shape index (κ2) is 17.7. The van der Waals surface area contributed by atoms with Gasteiger partial charge >= 0.3 is 11.9 Å². The Bertz CT molecular complexity index is 2620. The Morgan fingerprint density at radius 3 is 1.94 bits per heavy atom. The van der Waals surface area contributed by atoms with E-state index < -0.39 is 78.6 Å². The van der Waals surface area contributed by atoms with Gasteiger partial charge in [0.2, 0.25) is 0 Å². The number of nitrogens with one attached hydrogen (secondary N) is 1. The van der Waals surface area contributed by atoms with E-state index in [0.29, 0.717) is 5.56 Å². The van der Waals surface area contributed by atoms with Crippen molar-refractivity contribution in [3.8, 4) is 0 Å². The molecule has 1 aliphatic heterocycles. The van der Waals surface area contributed by atoms with Crippen LogP contribution in [0.15, 0.2) is 133 Å². The molecular weight excluding hydrogens is 831 g/mol. The lowest BCUT2D eigenvalue weighted by Gasteiger charge is -2.45. The van der Waals surface area contributed by atoms with Crippen molar-refractivity contribution in [1.82, 2.24) is 19.5 Å². The standard InChI is InChI=1S/C45H47N5O10SSi/c1-30-22-24-34(25-23-30)61(54,55)56-26-45(27-57-62(44(4,5)6,35-18-12-8-13-19-35)36-20-14-9-15-21-36)39(59-32(3)52)38(58-31(2)51)43(60-45)50-29-48-37-40(46-28-47-41(37)50)49-42(53)33-16-10-7-11-17-33/h7-25,28-29,38-39,43H,26-27H2,1-6H3,(H,46,47,49,53)/t38-,39+,43-,45-/m1/s1. The van der Waals surface area contributed by atoms with E-state index in [4.69, 9.17) is 22.8 Å². The minimum Gasteiger partial charge on any atom is -0.455 e. The Morgan fingerprint density at radius 1 is 0.790 bits per heavy atom. The van der Waals surface area contributed by atoms with Gasteiger partial charge in [-0.2, -0.15) is 8.42 Å². The molecular formula is C45H47N5O10SSi. The monoisotopic (exact) mass is 877 g/mol. The molecule has 1 fully saturated rings. The smallest absolute Gasteiger partial charge is 0.303 e. The van der Waals surface area contributed by atoms with Gasteiger partial charge in [0.05, 0.1) is 17.8 Å². The summed E-state index contributed by atoms with van der Waals surface area (Å²) in [5.41, 5.74) is -0.480. The number of aryl methyl sites for hydroxylation is 1. The van der Waals surface area contributed by atoms with Crippen molar-refractivity contribution in [3.05, 3.63) is 139 Å². The molecule has 0 unspecified atom stereocenters. The lowest BCUT2D eigenvalue weighted by molar-refractivity contribution is -0.174. The van der Waals surface area contributed by atoms with Gasteiger partial charge in [0.1, 0.15) is 12.9 Å². The largest absolute Gasteiger partial charge is 0.455 e. The number of carbonyl (C=O) groups is 3. The zero-order chi connectivity index (χ0) is 44.3. The fourth-order valence-electron chi connectivity index (χ4n) is 7.82. The molecule has 0 bridgehead atoms. The molecule has 7 rings (SSSR count). The average Bonchev–Trinajstić information content (AvgIpc) is 3.80. The maximum absolute atomic E-state index is 14.0. The van der Waals surface area contributed by atoms with Crippen molar-refractivity contribution in [2.45, 2.75) is 75.5 Å². The van der Waals surface area contributed by atoms with E-state index in [-0.39, 0.29) is 21.9 Å². The first kappa shape index (κ1) is 44.0. The van der Waals surface area contributed by atoms with Crippen molar-refractivity contribution in [1.29, 1.82) is 0 Å². The van der Waals surface area contributed by atoms with E-state index in [1.807, 2.05) is 67.6 Å². The number of aromatic nitrogens is 4. The molecule has 1 saturated heterocycles. The average molecular weight is 878 g/mol. The molecule has 0 spiro atoms. The van der Waals surface area contributed by atoms with Gasteiger partial charge in [0, 0.05) is 19.4 Å². The van der Waals surface area contributed by atoms with Crippen LogP contribution in [0.4, 0.5) is 5.82 Å². The van der Waals surface area contributed by atoms with Crippen LogP contribution in [0.25, 0.3) is 11.2 Å². The van der Waals surface area contributed by atoms with Gasteiger partial charge in [-0.1, -0.05) is 117 Å². The Hall–Kier alpha value is -6.11. The third-order valence-corrected chi connectivity index (χ3v) is 16.9. The highest BCUT2D eigenvalue weighted by Gasteiger charge is 2.63. The number of hydrogen-bond acceptors (Lipinski definition) is 13. The third-order valence-electron chi connectivity index (χ3n) is 10.7. The first-order valence-electron chi connectivity index (χ1n) is 19.8. The van der Waals surface area contributed by atoms with E-state index in [0.717, 1.165) is 15.9 Å². The van der Waals surface area contributed by atoms with Gasteiger partial charge in [0.25, 0.3) is 24.3 Å². The topological polar surface area (TPSA) is 187 Å². The number of carbonyl (C=O) groups excluding carboxylic acids is 3. The number of amides is 1. The van der Waals surface area contributed by atoms with Crippen LogP contribution in [0, 0.1) is 6.92 Å². The molecule has 4 aromatic carbocycles. The summed E-state index contributed by atoms with van der Waals surface area (Å²) in [5.74, 6) is -1.91. The molecule has 1 amide bonds. The Kier molecular flexibility index (Phi) is 12.6. The van der Waals surface area contributed by atoms with Crippen molar-refractivity contribution < 1.29 is 45.6 Å². The molecule has 322 valence electrons. The number of benzene rings is 4. The van der Waals surface area contributed by atoms with Gasteiger partial charge in [0.15, 0.2) is 41.0 Å². The fraction of sp³-hybridized carbons (Fsp3) is 0.289. The molecule has 1 N–H and O–H groups in total. The lowest BCUT2D eigenvalue weighted by Crippen LogP contribution is -2.68. The van der Waals surface area contributed by atoms with Crippen molar-refractivity contribution >= 4 is 63.6 Å². The maximum Gasteiger partial charge on any atom is 0.303 e. The van der Waals surface area contributed by atoms with Crippen LogP contribution in [-0.2, 0) is 42.5 Å². The van der Waals surface area contributed by atoms with E-state index in [1.54, 1.807) is 42.5 Å². The number of rotatable bonds is 14. The summed E-state index contributed by atoms with van der Waals surface area (Å²) < 4.78 is 61.6. The van der Waals surface area contributed by atoms with Crippen LogP contribution >= 0.6 is 0 Å². The second-order valence-corrected chi connectivity index (χ2v) is 21.9. The van der Waals surface area contributed by atoms with E-state index in [9.17, 15) is 22.8 Å². The number of fused-ring (bicyclic) bond motifs is 1. The van der Waals surface area contributed by atoms with Crippen LogP contribution in [0.5, 0.6) is 0 Å². The molecule has 1 aliphatic rings. The molecule has 0 saturated carbocycles. The normalized spacial score (nSPS) is 19.2. The minimum absolute atomic E-state index is 0.0787. The number of imidazole rings is 1. The van der Waals surface area contributed by atoms with Crippen LogP contribution in [0.3, 0.4) is 0 Å². The molecule has 17 heteroatoms. The summed E-state index contributed by atoms with van der Waals surface area (Å²) in [4.78, 5) is 52.5. The molecule has 6 aromatic rings. The highest BCUT2D eigenvalue weighted by atomic mass is 32.2. The predicted molar refractivity (Wildman–Crippen MR) is 232 cm³/mol. The molecule has 4 atom stereocenters. The van der Waals surface area contributed by atoms with Crippen LogP contribution < -0.4 is 15.7 Å². The van der Waals surface area contributed by atoms with E-state index in [1.165, 1.54) is 43.2 Å². The summed E-state index contributed by atoms with van der Waals surface area (Å²) in [7, 11) is -7.91. The SMILES string of the molecule is CC(=O)O[C@H]1[C@H](n2cnc3c(NC(=O)c4ccccc4)ncnc32)O[C@@](CO[Si](c2ccccc2)(c2ccccc2)C(C)(C)C)(COS(=O)(=O)c2ccc(C)cc2)[C@H]1OC(C)=O. The molecule has 0 aliphatic carbocycles.